The molecule has 0 unspecified atom stereocenters. The van der Waals surface area contributed by atoms with E-state index in [1.807, 2.05) is 0 Å². The van der Waals surface area contributed by atoms with Crippen LogP contribution >= 0.6 is 0 Å². The fourth-order valence-corrected chi connectivity index (χ4v) is 3.76. The summed E-state index contributed by atoms with van der Waals surface area (Å²) < 4.78 is 0. The standard InChI is InChI=1S/C24H30N2O2/c1-17-5-7-19(3)21(13-17)9-11-25-15-24(28)26(16-23(25)27)12-10-22-14-18(2)6-8-20(22)4/h5-8,13-14H,9-12,15-16H2,1-4H3. The normalized spacial score (nSPS) is 14.7. The van der Waals surface area contributed by atoms with Gasteiger partial charge in [-0.25, -0.2) is 0 Å². The molecule has 2 aromatic rings. The van der Waals surface area contributed by atoms with E-state index in [0.29, 0.717) is 13.1 Å². The van der Waals surface area contributed by atoms with Gasteiger partial charge in [0.05, 0.1) is 13.1 Å². The van der Waals surface area contributed by atoms with Crippen LogP contribution in [0, 0.1) is 27.7 Å². The summed E-state index contributed by atoms with van der Waals surface area (Å²) in [6.07, 6.45) is 1.57. The summed E-state index contributed by atoms with van der Waals surface area (Å²) in [6.45, 7) is 9.91. The van der Waals surface area contributed by atoms with E-state index in [4.69, 9.17) is 0 Å². The molecule has 0 bridgehead atoms. The van der Waals surface area contributed by atoms with E-state index in [1.165, 1.54) is 33.4 Å². The lowest BCUT2D eigenvalue weighted by atomic mass is 10.0. The molecule has 0 spiro atoms. The summed E-state index contributed by atoms with van der Waals surface area (Å²) in [4.78, 5) is 28.6. The van der Waals surface area contributed by atoms with Gasteiger partial charge in [-0.05, 0) is 62.8 Å². The number of carbonyl (C=O) groups is 2. The molecule has 4 nitrogen and oxygen atoms in total. The maximum Gasteiger partial charge on any atom is 0.242 e. The van der Waals surface area contributed by atoms with E-state index in [1.54, 1.807) is 9.80 Å². The number of hydrogen-bond acceptors (Lipinski definition) is 2. The van der Waals surface area contributed by atoms with Crippen molar-refractivity contribution in [1.82, 2.24) is 9.80 Å². The van der Waals surface area contributed by atoms with E-state index >= 15 is 0 Å². The van der Waals surface area contributed by atoms with Gasteiger partial charge >= 0.3 is 0 Å². The van der Waals surface area contributed by atoms with E-state index < -0.39 is 0 Å². The first-order chi connectivity index (χ1) is 13.3. The fraction of sp³-hybridized carbons (Fsp3) is 0.417. The summed E-state index contributed by atoms with van der Waals surface area (Å²) >= 11 is 0. The van der Waals surface area contributed by atoms with Crippen LogP contribution in [0.4, 0.5) is 0 Å². The Morgan fingerprint density at radius 2 is 1.07 bits per heavy atom. The molecule has 1 heterocycles. The minimum Gasteiger partial charge on any atom is -0.332 e. The number of aryl methyl sites for hydroxylation is 4. The van der Waals surface area contributed by atoms with E-state index in [9.17, 15) is 9.59 Å². The Morgan fingerprint density at radius 1 is 0.679 bits per heavy atom. The first-order valence-corrected chi connectivity index (χ1v) is 10.0. The zero-order valence-electron chi connectivity index (χ0n) is 17.4. The predicted octanol–water partition coefficient (Wildman–Crippen LogP) is 3.38. The van der Waals surface area contributed by atoms with Crippen molar-refractivity contribution in [1.29, 1.82) is 0 Å². The zero-order valence-corrected chi connectivity index (χ0v) is 17.4. The first kappa shape index (κ1) is 20.1. The van der Waals surface area contributed by atoms with Crippen molar-refractivity contribution in [2.45, 2.75) is 40.5 Å². The highest BCUT2D eigenvalue weighted by Gasteiger charge is 2.29. The van der Waals surface area contributed by atoms with Gasteiger partial charge in [-0.15, -0.1) is 0 Å². The molecule has 148 valence electrons. The minimum absolute atomic E-state index is 0.0471. The number of benzene rings is 2. The molecule has 0 aromatic heterocycles. The zero-order chi connectivity index (χ0) is 20.3. The van der Waals surface area contributed by atoms with Crippen LogP contribution in [0.25, 0.3) is 0 Å². The molecule has 28 heavy (non-hydrogen) atoms. The van der Waals surface area contributed by atoms with Crippen molar-refractivity contribution < 1.29 is 9.59 Å². The van der Waals surface area contributed by atoms with Crippen molar-refractivity contribution in [2.24, 2.45) is 0 Å². The highest BCUT2D eigenvalue weighted by Crippen LogP contribution is 2.15. The summed E-state index contributed by atoms with van der Waals surface area (Å²) in [5, 5.41) is 0. The SMILES string of the molecule is Cc1ccc(C)c(CCN2CC(=O)N(CCc3cc(C)ccc3C)CC2=O)c1. The molecule has 0 N–H and O–H groups in total. The Morgan fingerprint density at radius 3 is 1.46 bits per heavy atom. The maximum absolute atomic E-state index is 12.6. The Hall–Kier alpha value is -2.62. The predicted molar refractivity (Wildman–Crippen MR) is 112 cm³/mol. The van der Waals surface area contributed by atoms with Crippen LogP contribution in [0.5, 0.6) is 0 Å². The van der Waals surface area contributed by atoms with Crippen LogP contribution in [-0.4, -0.2) is 47.8 Å². The van der Waals surface area contributed by atoms with Crippen molar-refractivity contribution in [3.8, 4) is 0 Å². The number of amides is 2. The molecule has 1 aliphatic heterocycles. The van der Waals surface area contributed by atoms with E-state index in [2.05, 4.69) is 64.1 Å². The molecular weight excluding hydrogens is 348 g/mol. The second-order valence-electron chi connectivity index (χ2n) is 7.99. The molecular formula is C24H30N2O2. The van der Waals surface area contributed by atoms with Crippen LogP contribution < -0.4 is 0 Å². The maximum atomic E-state index is 12.6. The third-order valence-corrected chi connectivity index (χ3v) is 5.67. The van der Waals surface area contributed by atoms with Gasteiger partial charge in [0.1, 0.15) is 0 Å². The number of carbonyl (C=O) groups excluding carboxylic acids is 2. The molecule has 1 fully saturated rings. The highest BCUT2D eigenvalue weighted by molar-refractivity contribution is 5.92. The Balaban J connectivity index is 1.56. The molecule has 1 saturated heterocycles. The molecule has 4 heteroatoms. The largest absolute Gasteiger partial charge is 0.332 e. The lowest BCUT2D eigenvalue weighted by Crippen LogP contribution is -2.54. The Bertz CT molecular complexity index is 815. The van der Waals surface area contributed by atoms with E-state index in [0.717, 1.165) is 12.8 Å². The number of hydrogen-bond donors (Lipinski definition) is 0. The third kappa shape index (κ3) is 4.80. The van der Waals surface area contributed by atoms with Gasteiger partial charge in [-0.1, -0.05) is 47.5 Å². The van der Waals surface area contributed by atoms with Crippen molar-refractivity contribution >= 4 is 11.8 Å². The highest BCUT2D eigenvalue weighted by atomic mass is 16.2. The molecule has 0 radical (unpaired) electrons. The van der Waals surface area contributed by atoms with Gasteiger partial charge in [-0.2, -0.15) is 0 Å². The lowest BCUT2D eigenvalue weighted by molar-refractivity contribution is -0.150. The van der Waals surface area contributed by atoms with Crippen molar-refractivity contribution in [2.75, 3.05) is 26.2 Å². The van der Waals surface area contributed by atoms with Crippen LogP contribution in [0.3, 0.4) is 0 Å². The quantitative estimate of drug-likeness (QED) is 0.773. The molecule has 0 atom stereocenters. The first-order valence-electron chi connectivity index (χ1n) is 10.0. The lowest BCUT2D eigenvalue weighted by Gasteiger charge is -2.34. The van der Waals surface area contributed by atoms with Gasteiger partial charge < -0.3 is 9.80 Å². The number of nitrogens with zero attached hydrogens (tertiary/aromatic N) is 2. The summed E-state index contributed by atoms with van der Waals surface area (Å²) in [6, 6.07) is 12.8. The average Bonchev–Trinajstić information content (AvgIpc) is 2.66. The van der Waals surface area contributed by atoms with Crippen LogP contribution in [0.15, 0.2) is 36.4 Å². The summed E-state index contributed by atoms with van der Waals surface area (Å²) in [7, 11) is 0. The van der Waals surface area contributed by atoms with Crippen LogP contribution in [-0.2, 0) is 22.4 Å². The molecule has 2 aromatic carbocycles. The fourth-order valence-electron chi connectivity index (χ4n) is 3.76. The minimum atomic E-state index is 0.0471. The summed E-state index contributed by atoms with van der Waals surface area (Å²) in [5.41, 5.74) is 7.40. The molecule has 3 rings (SSSR count). The second-order valence-corrected chi connectivity index (χ2v) is 7.99. The van der Waals surface area contributed by atoms with Gasteiger partial charge in [0.2, 0.25) is 11.8 Å². The molecule has 0 saturated carbocycles. The second kappa shape index (κ2) is 8.59. The van der Waals surface area contributed by atoms with Crippen LogP contribution in [0.2, 0.25) is 0 Å². The van der Waals surface area contributed by atoms with Gasteiger partial charge in [0.15, 0.2) is 0 Å². The molecule has 1 aliphatic rings. The monoisotopic (exact) mass is 378 g/mol. The van der Waals surface area contributed by atoms with Gasteiger partial charge in [0.25, 0.3) is 0 Å². The summed E-state index contributed by atoms with van der Waals surface area (Å²) in [5.74, 6) is 0.0942. The molecule has 2 amide bonds. The van der Waals surface area contributed by atoms with Crippen molar-refractivity contribution in [3.05, 3.63) is 69.8 Å². The average molecular weight is 379 g/mol. The van der Waals surface area contributed by atoms with Crippen LogP contribution in [0.1, 0.15) is 33.4 Å². The Labute approximate surface area is 168 Å². The van der Waals surface area contributed by atoms with E-state index in [-0.39, 0.29) is 24.9 Å². The molecule has 0 aliphatic carbocycles. The topological polar surface area (TPSA) is 40.6 Å². The Kier molecular flexibility index (Phi) is 6.18. The number of rotatable bonds is 6. The van der Waals surface area contributed by atoms with Gasteiger partial charge in [0, 0.05) is 13.1 Å². The van der Waals surface area contributed by atoms with Gasteiger partial charge in [-0.3, -0.25) is 9.59 Å². The smallest absolute Gasteiger partial charge is 0.242 e. The number of piperazine rings is 1. The third-order valence-electron chi connectivity index (χ3n) is 5.67. The van der Waals surface area contributed by atoms with Crippen molar-refractivity contribution in [3.63, 3.8) is 0 Å².